The lowest BCUT2D eigenvalue weighted by molar-refractivity contribution is -0.142. The molecule has 0 unspecified atom stereocenters. The molecule has 3 rings (SSSR count). The maximum Gasteiger partial charge on any atom is 0.306 e. The summed E-state index contributed by atoms with van der Waals surface area (Å²) in [6.07, 6.45) is 1.38. The number of fused-ring (bicyclic) bond motifs is 1. The summed E-state index contributed by atoms with van der Waals surface area (Å²) in [5.74, 6) is -0.168. The standard InChI is InChI=1S/C20H19NO4/c1-2-14-7-9-15(10-8-14)17(22)13-24-20(23)12-11-19-21-16-5-3-4-6-18(16)25-19/h3-10H,2,11-13H2,1H3. The zero-order valence-electron chi connectivity index (χ0n) is 14.0. The van der Waals surface area contributed by atoms with E-state index in [1.165, 1.54) is 0 Å². The van der Waals surface area contributed by atoms with Gasteiger partial charge in [-0.05, 0) is 24.1 Å². The van der Waals surface area contributed by atoms with E-state index in [2.05, 4.69) is 11.9 Å². The van der Waals surface area contributed by atoms with Crippen molar-refractivity contribution in [1.82, 2.24) is 4.98 Å². The second kappa shape index (κ2) is 7.75. The summed E-state index contributed by atoms with van der Waals surface area (Å²) in [5, 5.41) is 0. The highest BCUT2D eigenvalue weighted by Crippen LogP contribution is 2.15. The summed E-state index contributed by atoms with van der Waals surface area (Å²) >= 11 is 0. The number of carbonyl (C=O) groups excluding carboxylic acids is 2. The third kappa shape index (κ3) is 4.32. The molecule has 0 spiro atoms. The fourth-order valence-corrected chi connectivity index (χ4v) is 2.46. The molecule has 3 aromatic rings. The van der Waals surface area contributed by atoms with Gasteiger partial charge in [-0.25, -0.2) is 4.98 Å². The van der Waals surface area contributed by atoms with E-state index in [1.807, 2.05) is 36.4 Å². The Morgan fingerprint density at radius 1 is 1.08 bits per heavy atom. The van der Waals surface area contributed by atoms with Gasteiger partial charge in [0.25, 0.3) is 0 Å². The van der Waals surface area contributed by atoms with Crippen molar-refractivity contribution in [3.63, 3.8) is 0 Å². The number of aromatic nitrogens is 1. The Kier molecular flexibility index (Phi) is 5.23. The number of carbonyl (C=O) groups is 2. The van der Waals surface area contributed by atoms with Crippen LogP contribution in [0.15, 0.2) is 52.9 Å². The molecule has 5 nitrogen and oxygen atoms in total. The molecule has 0 N–H and O–H groups in total. The molecular weight excluding hydrogens is 318 g/mol. The smallest absolute Gasteiger partial charge is 0.306 e. The van der Waals surface area contributed by atoms with Crippen LogP contribution in [0.2, 0.25) is 0 Å². The Hall–Kier alpha value is -2.95. The van der Waals surface area contributed by atoms with E-state index in [1.54, 1.807) is 12.1 Å². The molecule has 1 aromatic heterocycles. The molecule has 2 aromatic carbocycles. The van der Waals surface area contributed by atoms with Gasteiger partial charge in [-0.3, -0.25) is 9.59 Å². The minimum absolute atomic E-state index is 0.120. The Balaban J connectivity index is 1.47. The Morgan fingerprint density at radius 3 is 2.56 bits per heavy atom. The normalized spacial score (nSPS) is 10.8. The summed E-state index contributed by atoms with van der Waals surface area (Å²) in [6, 6.07) is 14.7. The summed E-state index contributed by atoms with van der Waals surface area (Å²) in [5.41, 5.74) is 3.16. The molecule has 0 aliphatic rings. The largest absolute Gasteiger partial charge is 0.457 e. The maximum absolute atomic E-state index is 12.0. The third-order valence-electron chi connectivity index (χ3n) is 3.93. The highest BCUT2D eigenvalue weighted by molar-refractivity contribution is 5.97. The van der Waals surface area contributed by atoms with Crippen LogP contribution in [0.4, 0.5) is 0 Å². The van der Waals surface area contributed by atoms with Crippen LogP contribution in [0.3, 0.4) is 0 Å². The average Bonchev–Trinajstić information content (AvgIpc) is 3.07. The number of hydrogen-bond acceptors (Lipinski definition) is 5. The minimum Gasteiger partial charge on any atom is -0.457 e. The molecular formula is C20H19NO4. The van der Waals surface area contributed by atoms with Gasteiger partial charge in [0.2, 0.25) is 0 Å². The minimum atomic E-state index is -0.444. The summed E-state index contributed by atoms with van der Waals surface area (Å²) in [4.78, 5) is 28.2. The second-order valence-electron chi connectivity index (χ2n) is 5.71. The Bertz CT molecular complexity index is 847. The van der Waals surface area contributed by atoms with Gasteiger partial charge in [-0.15, -0.1) is 0 Å². The monoisotopic (exact) mass is 337 g/mol. The van der Waals surface area contributed by atoms with Crippen LogP contribution in [-0.2, 0) is 22.4 Å². The third-order valence-corrected chi connectivity index (χ3v) is 3.93. The van der Waals surface area contributed by atoms with Crippen molar-refractivity contribution >= 4 is 22.9 Å². The van der Waals surface area contributed by atoms with Crippen LogP contribution in [0, 0.1) is 0 Å². The van der Waals surface area contributed by atoms with Crippen molar-refractivity contribution in [2.75, 3.05) is 6.61 Å². The van der Waals surface area contributed by atoms with Gasteiger partial charge in [0.05, 0.1) is 6.42 Å². The molecule has 25 heavy (non-hydrogen) atoms. The summed E-state index contributed by atoms with van der Waals surface area (Å²) in [7, 11) is 0. The fraction of sp³-hybridized carbons (Fsp3) is 0.250. The van der Waals surface area contributed by atoms with Gasteiger partial charge in [0.15, 0.2) is 23.9 Å². The van der Waals surface area contributed by atoms with Crippen molar-refractivity contribution in [3.8, 4) is 0 Å². The number of hydrogen-bond donors (Lipinski definition) is 0. The van der Waals surface area contributed by atoms with Crippen molar-refractivity contribution < 1.29 is 18.7 Å². The zero-order valence-corrected chi connectivity index (χ0v) is 14.0. The first-order valence-electron chi connectivity index (χ1n) is 8.28. The second-order valence-corrected chi connectivity index (χ2v) is 5.71. The lowest BCUT2D eigenvalue weighted by atomic mass is 10.1. The molecule has 1 heterocycles. The lowest BCUT2D eigenvalue weighted by Gasteiger charge is -2.04. The van der Waals surface area contributed by atoms with Crippen LogP contribution in [0.5, 0.6) is 0 Å². The molecule has 0 atom stereocenters. The van der Waals surface area contributed by atoms with Crippen LogP contribution >= 0.6 is 0 Å². The maximum atomic E-state index is 12.0. The number of ketones is 1. The van der Waals surface area contributed by atoms with E-state index >= 15 is 0 Å². The lowest BCUT2D eigenvalue weighted by Crippen LogP contribution is -2.14. The highest BCUT2D eigenvalue weighted by Gasteiger charge is 2.12. The molecule has 0 saturated carbocycles. The van der Waals surface area contributed by atoms with Crippen molar-refractivity contribution in [3.05, 3.63) is 65.5 Å². The van der Waals surface area contributed by atoms with Crippen LogP contribution in [0.1, 0.15) is 35.2 Å². The predicted molar refractivity (Wildman–Crippen MR) is 93.4 cm³/mol. The van der Waals surface area contributed by atoms with Crippen LogP contribution in [0.25, 0.3) is 11.1 Å². The molecule has 128 valence electrons. The molecule has 0 fully saturated rings. The summed E-state index contributed by atoms with van der Waals surface area (Å²) in [6.45, 7) is 1.80. The van der Waals surface area contributed by atoms with Gasteiger partial charge in [0, 0.05) is 12.0 Å². The first-order valence-corrected chi connectivity index (χ1v) is 8.28. The number of ether oxygens (including phenoxy) is 1. The molecule has 0 amide bonds. The quantitative estimate of drug-likeness (QED) is 0.485. The number of aryl methyl sites for hydroxylation is 2. The highest BCUT2D eigenvalue weighted by atomic mass is 16.5. The van der Waals surface area contributed by atoms with Gasteiger partial charge >= 0.3 is 5.97 Å². The van der Waals surface area contributed by atoms with Crippen LogP contribution in [-0.4, -0.2) is 23.3 Å². The number of para-hydroxylation sites is 2. The van der Waals surface area contributed by atoms with Gasteiger partial charge in [-0.2, -0.15) is 0 Å². The average molecular weight is 337 g/mol. The van der Waals surface area contributed by atoms with E-state index in [0.717, 1.165) is 17.5 Å². The first-order chi connectivity index (χ1) is 12.2. The number of Topliss-reactive ketones (excluding diaryl/α,β-unsaturated/α-hetero) is 1. The van der Waals surface area contributed by atoms with E-state index in [9.17, 15) is 9.59 Å². The van der Waals surface area contributed by atoms with Gasteiger partial charge in [0.1, 0.15) is 5.52 Å². The van der Waals surface area contributed by atoms with Crippen molar-refractivity contribution in [1.29, 1.82) is 0 Å². The van der Waals surface area contributed by atoms with E-state index in [0.29, 0.717) is 23.5 Å². The van der Waals surface area contributed by atoms with Crippen molar-refractivity contribution in [2.45, 2.75) is 26.2 Å². The fourth-order valence-electron chi connectivity index (χ4n) is 2.46. The number of benzene rings is 2. The molecule has 5 heteroatoms. The molecule has 0 aliphatic carbocycles. The molecule has 0 aliphatic heterocycles. The predicted octanol–water partition coefficient (Wildman–Crippen LogP) is 3.75. The molecule has 0 bridgehead atoms. The van der Waals surface area contributed by atoms with Gasteiger partial charge < -0.3 is 9.15 Å². The molecule has 0 radical (unpaired) electrons. The number of esters is 1. The van der Waals surface area contributed by atoms with Crippen molar-refractivity contribution in [2.24, 2.45) is 0 Å². The van der Waals surface area contributed by atoms with Gasteiger partial charge in [-0.1, -0.05) is 43.3 Å². The zero-order chi connectivity index (χ0) is 17.6. The van der Waals surface area contributed by atoms with E-state index in [4.69, 9.17) is 9.15 Å². The summed E-state index contributed by atoms with van der Waals surface area (Å²) < 4.78 is 10.6. The number of rotatable bonds is 7. The Labute approximate surface area is 145 Å². The van der Waals surface area contributed by atoms with E-state index in [-0.39, 0.29) is 18.8 Å². The van der Waals surface area contributed by atoms with E-state index < -0.39 is 5.97 Å². The van der Waals surface area contributed by atoms with Crippen LogP contribution < -0.4 is 0 Å². The number of nitrogens with zero attached hydrogens (tertiary/aromatic N) is 1. The SMILES string of the molecule is CCc1ccc(C(=O)COC(=O)CCc2nc3ccccc3o2)cc1. The number of oxazole rings is 1. The Morgan fingerprint density at radius 2 is 1.84 bits per heavy atom. The molecule has 0 saturated heterocycles. The topological polar surface area (TPSA) is 69.4 Å². The first kappa shape index (κ1) is 16.9.